The maximum Gasteiger partial charge on any atom is 0.319 e. The van der Waals surface area contributed by atoms with Crippen LogP contribution in [0.3, 0.4) is 0 Å². The summed E-state index contributed by atoms with van der Waals surface area (Å²) >= 11 is 7.91. The van der Waals surface area contributed by atoms with Crippen molar-refractivity contribution in [3.8, 4) is 5.69 Å². The second-order valence-corrected chi connectivity index (χ2v) is 9.39. The van der Waals surface area contributed by atoms with Gasteiger partial charge in [-0.1, -0.05) is 78.0 Å². The highest BCUT2D eigenvalue weighted by atomic mass is 35.5. The van der Waals surface area contributed by atoms with E-state index in [1.165, 1.54) is 5.56 Å². The number of halogens is 1. The number of hydrogen-bond acceptors (Lipinski definition) is 4. The zero-order chi connectivity index (χ0) is 24.1. The third-order valence-corrected chi connectivity index (χ3v) is 6.69. The quantitative estimate of drug-likeness (QED) is 0.291. The topological polar surface area (TPSA) is 71.8 Å². The lowest BCUT2D eigenvalue weighted by Gasteiger charge is -2.15. The lowest BCUT2D eigenvalue weighted by Crippen LogP contribution is -2.30. The zero-order valence-electron chi connectivity index (χ0n) is 19.3. The molecule has 0 aliphatic rings. The summed E-state index contributed by atoms with van der Waals surface area (Å²) < 4.78 is 1.97. The molecule has 174 valence electrons. The summed E-state index contributed by atoms with van der Waals surface area (Å²) in [5.41, 5.74) is 5.94. The lowest BCUT2D eigenvalue weighted by atomic mass is 10.1. The Hall–Kier alpha value is -3.29. The minimum Gasteiger partial charge on any atom is -0.331 e. The van der Waals surface area contributed by atoms with Crippen molar-refractivity contribution in [1.29, 1.82) is 0 Å². The molecule has 1 heterocycles. The van der Waals surface area contributed by atoms with Gasteiger partial charge >= 0.3 is 6.03 Å². The fraction of sp³-hybridized carbons (Fsp3) is 0.192. The van der Waals surface area contributed by atoms with Gasteiger partial charge in [-0.2, -0.15) is 0 Å². The summed E-state index contributed by atoms with van der Waals surface area (Å²) in [5.74, 6) is 1.37. The average Bonchev–Trinajstić information content (AvgIpc) is 3.23. The van der Waals surface area contributed by atoms with Crippen molar-refractivity contribution >= 4 is 35.1 Å². The van der Waals surface area contributed by atoms with Gasteiger partial charge in [0.05, 0.1) is 12.2 Å². The molecular weight excluding hydrogens is 466 g/mol. The highest BCUT2D eigenvalue weighted by Gasteiger charge is 2.18. The van der Waals surface area contributed by atoms with Gasteiger partial charge in [0.15, 0.2) is 11.0 Å². The Morgan fingerprint density at radius 3 is 2.41 bits per heavy atom. The van der Waals surface area contributed by atoms with E-state index in [0.29, 0.717) is 10.8 Å². The summed E-state index contributed by atoms with van der Waals surface area (Å²) in [7, 11) is 0. The number of para-hydroxylation sites is 1. The molecular formula is C26H26ClN5OS. The van der Waals surface area contributed by atoms with Gasteiger partial charge in [-0.05, 0) is 55.2 Å². The van der Waals surface area contributed by atoms with Crippen LogP contribution in [0.5, 0.6) is 0 Å². The standard InChI is InChI=1S/C26H26ClN5OS/c1-17-12-13-21(27)14-22(17)32-23(30-31-26(32)34-16-20-10-5-4-6-11-20)15-28-25(33)29-24-18(2)8-7-9-19(24)3/h4-14H,15-16H2,1-3H3,(H2,28,29,33). The summed E-state index contributed by atoms with van der Waals surface area (Å²) in [6, 6.07) is 21.5. The van der Waals surface area contributed by atoms with E-state index in [-0.39, 0.29) is 12.6 Å². The number of rotatable bonds is 7. The van der Waals surface area contributed by atoms with Crippen LogP contribution in [0.15, 0.2) is 71.9 Å². The van der Waals surface area contributed by atoms with Crippen molar-refractivity contribution in [2.75, 3.05) is 5.32 Å². The molecule has 0 radical (unpaired) electrons. The molecule has 4 rings (SSSR count). The molecule has 0 atom stereocenters. The number of carbonyl (C=O) groups excluding carboxylic acids is 1. The Kier molecular flexibility index (Phi) is 7.55. The number of anilines is 1. The summed E-state index contributed by atoms with van der Waals surface area (Å²) in [6.07, 6.45) is 0. The molecule has 1 aromatic heterocycles. The van der Waals surface area contributed by atoms with E-state index >= 15 is 0 Å². The largest absolute Gasteiger partial charge is 0.331 e. The number of nitrogens with zero attached hydrogens (tertiary/aromatic N) is 3. The lowest BCUT2D eigenvalue weighted by molar-refractivity contribution is 0.251. The second kappa shape index (κ2) is 10.8. The van der Waals surface area contributed by atoms with Crippen molar-refractivity contribution in [3.63, 3.8) is 0 Å². The molecule has 0 saturated heterocycles. The van der Waals surface area contributed by atoms with E-state index in [9.17, 15) is 4.79 Å². The molecule has 0 spiro atoms. The summed E-state index contributed by atoms with van der Waals surface area (Å²) in [6.45, 7) is 6.17. The highest BCUT2D eigenvalue weighted by molar-refractivity contribution is 7.98. The van der Waals surface area contributed by atoms with Crippen LogP contribution in [-0.2, 0) is 12.3 Å². The average molecular weight is 492 g/mol. The molecule has 3 aromatic carbocycles. The maximum atomic E-state index is 12.7. The van der Waals surface area contributed by atoms with Gasteiger partial charge in [0.2, 0.25) is 0 Å². The minimum atomic E-state index is -0.298. The third kappa shape index (κ3) is 5.61. The molecule has 2 amide bonds. The molecule has 0 saturated carbocycles. The third-order valence-electron chi connectivity index (χ3n) is 5.45. The first-order chi connectivity index (χ1) is 16.4. The fourth-order valence-corrected chi connectivity index (χ4v) is 4.71. The molecule has 0 bridgehead atoms. The number of carbonyl (C=O) groups is 1. The van der Waals surface area contributed by atoms with E-state index in [1.54, 1.807) is 11.8 Å². The van der Waals surface area contributed by atoms with Crippen LogP contribution in [0.25, 0.3) is 5.69 Å². The molecule has 6 nitrogen and oxygen atoms in total. The Balaban J connectivity index is 1.57. The van der Waals surface area contributed by atoms with Crippen LogP contribution in [0, 0.1) is 20.8 Å². The number of nitrogens with one attached hydrogen (secondary N) is 2. The maximum absolute atomic E-state index is 12.7. The molecule has 2 N–H and O–H groups in total. The van der Waals surface area contributed by atoms with Crippen LogP contribution < -0.4 is 10.6 Å². The van der Waals surface area contributed by atoms with Crippen molar-refractivity contribution < 1.29 is 4.79 Å². The summed E-state index contributed by atoms with van der Waals surface area (Å²) in [4.78, 5) is 12.7. The number of hydrogen-bond donors (Lipinski definition) is 2. The first-order valence-electron chi connectivity index (χ1n) is 10.9. The smallest absolute Gasteiger partial charge is 0.319 e. The van der Waals surface area contributed by atoms with E-state index < -0.39 is 0 Å². The van der Waals surface area contributed by atoms with Crippen LogP contribution in [0.1, 0.15) is 28.1 Å². The SMILES string of the molecule is Cc1ccc(Cl)cc1-n1c(CNC(=O)Nc2c(C)cccc2C)nnc1SCc1ccccc1. The Morgan fingerprint density at radius 1 is 0.941 bits per heavy atom. The monoisotopic (exact) mass is 491 g/mol. The van der Waals surface area contributed by atoms with Crippen molar-refractivity contribution in [1.82, 2.24) is 20.1 Å². The zero-order valence-corrected chi connectivity index (χ0v) is 20.9. The molecule has 8 heteroatoms. The molecule has 0 fully saturated rings. The number of amides is 2. The van der Waals surface area contributed by atoms with Crippen molar-refractivity contribution in [2.45, 2.75) is 38.2 Å². The second-order valence-electron chi connectivity index (χ2n) is 8.01. The normalized spacial score (nSPS) is 10.8. The number of thioether (sulfide) groups is 1. The molecule has 34 heavy (non-hydrogen) atoms. The Morgan fingerprint density at radius 2 is 1.68 bits per heavy atom. The van der Waals surface area contributed by atoms with Crippen molar-refractivity contribution in [3.05, 3.63) is 99.8 Å². The first kappa shape index (κ1) is 23.9. The Bertz CT molecular complexity index is 1290. The van der Waals surface area contributed by atoms with Crippen molar-refractivity contribution in [2.24, 2.45) is 0 Å². The van der Waals surface area contributed by atoms with Gasteiger partial charge < -0.3 is 10.6 Å². The van der Waals surface area contributed by atoms with Crippen LogP contribution in [-0.4, -0.2) is 20.8 Å². The fourth-order valence-electron chi connectivity index (χ4n) is 3.62. The van der Waals surface area contributed by atoms with E-state index in [2.05, 4.69) is 33.0 Å². The predicted octanol–water partition coefficient (Wildman–Crippen LogP) is 6.46. The van der Waals surface area contributed by atoms with Gasteiger partial charge in [0.1, 0.15) is 0 Å². The minimum absolute atomic E-state index is 0.210. The first-order valence-corrected chi connectivity index (χ1v) is 12.3. The highest BCUT2D eigenvalue weighted by Crippen LogP contribution is 2.28. The van der Waals surface area contributed by atoms with E-state index in [1.807, 2.05) is 79.9 Å². The predicted molar refractivity (Wildman–Crippen MR) is 139 cm³/mol. The number of benzene rings is 3. The van der Waals surface area contributed by atoms with Gasteiger partial charge in [0.25, 0.3) is 0 Å². The van der Waals surface area contributed by atoms with Crippen LogP contribution >= 0.6 is 23.4 Å². The molecule has 0 aliphatic heterocycles. The van der Waals surface area contributed by atoms with Gasteiger partial charge in [0, 0.05) is 16.5 Å². The molecule has 4 aromatic rings. The number of aromatic nitrogens is 3. The van der Waals surface area contributed by atoms with E-state index in [0.717, 1.165) is 39.0 Å². The van der Waals surface area contributed by atoms with Gasteiger partial charge in [-0.3, -0.25) is 4.57 Å². The number of aryl methyl sites for hydroxylation is 3. The van der Waals surface area contributed by atoms with E-state index in [4.69, 9.17) is 11.6 Å². The van der Waals surface area contributed by atoms with Gasteiger partial charge in [-0.25, -0.2) is 4.79 Å². The number of urea groups is 1. The van der Waals surface area contributed by atoms with Crippen LogP contribution in [0.4, 0.5) is 10.5 Å². The molecule has 0 unspecified atom stereocenters. The Labute approximate surface area is 208 Å². The molecule has 0 aliphatic carbocycles. The van der Waals surface area contributed by atoms with Gasteiger partial charge in [-0.15, -0.1) is 10.2 Å². The van der Waals surface area contributed by atoms with Crippen LogP contribution in [0.2, 0.25) is 5.02 Å². The summed E-state index contributed by atoms with van der Waals surface area (Å²) in [5, 5.41) is 16.1.